The van der Waals surface area contributed by atoms with Gasteiger partial charge in [0.2, 0.25) is 0 Å². The smallest absolute Gasteiger partial charge is 0.131 e. The molecular weight excluding hydrogens is 222 g/mol. The van der Waals surface area contributed by atoms with Gasteiger partial charge in [-0.1, -0.05) is 29.8 Å². The van der Waals surface area contributed by atoms with Crippen LogP contribution in [0.25, 0.3) is 0 Å². The molecule has 0 radical (unpaired) electrons. The first-order valence-corrected chi connectivity index (χ1v) is 6.15. The maximum Gasteiger partial charge on any atom is 0.131 e. The molecule has 0 heterocycles. The van der Waals surface area contributed by atoms with Crippen molar-refractivity contribution in [3.63, 3.8) is 0 Å². The van der Waals surface area contributed by atoms with Crippen molar-refractivity contribution in [3.05, 3.63) is 58.7 Å². The molecule has 0 aliphatic rings. The van der Waals surface area contributed by atoms with Crippen molar-refractivity contribution in [1.82, 2.24) is 0 Å². The maximum absolute atomic E-state index is 5.99. The van der Waals surface area contributed by atoms with Crippen LogP contribution in [0.2, 0.25) is 0 Å². The lowest BCUT2D eigenvalue weighted by molar-refractivity contribution is 0.472. The quantitative estimate of drug-likeness (QED) is 0.885. The third-order valence-electron chi connectivity index (χ3n) is 3.21. The molecular formula is C16H19NO. The molecule has 0 spiro atoms. The van der Waals surface area contributed by atoms with E-state index in [9.17, 15) is 0 Å². The van der Waals surface area contributed by atoms with Gasteiger partial charge in [0.15, 0.2) is 0 Å². The Balaban J connectivity index is 2.37. The van der Waals surface area contributed by atoms with E-state index in [1.165, 1.54) is 16.7 Å². The van der Waals surface area contributed by atoms with Gasteiger partial charge in [-0.05, 0) is 44.0 Å². The largest absolute Gasteiger partial charge is 0.457 e. The molecule has 0 bridgehead atoms. The van der Waals surface area contributed by atoms with Crippen LogP contribution in [0.4, 0.5) is 0 Å². The molecule has 0 aliphatic heterocycles. The highest BCUT2D eigenvalue weighted by atomic mass is 16.5. The maximum atomic E-state index is 5.99. The second-order valence-corrected chi connectivity index (χ2v) is 4.62. The Kier molecular flexibility index (Phi) is 3.68. The number of nitrogens with two attached hydrogens (primary N) is 1. The number of hydrogen-bond acceptors (Lipinski definition) is 2. The summed E-state index contributed by atoms with van der Waals surface area (Å²) in [5.74, 6) is 1.74. The fourth-order valence-electron chi connectivity index (χ4n) is 1.92. The van der Waals surface area contributed by atoms with Gasteiger partial charge in [0.25, 0.3) is 0 Å². The van der Waals surface area contributed by atoms with Crippen molar-refractivity contribution in [2.24, 2.45) is 5.73 Å². The first-order valence-electron chi connectivity index (χ1n) is 6.15. The minimum Gasteiger partial charge on any atom is -0.457 e. The SMILES string of the molecule is Cc1ccc(Oc2cccc(C)c2C)c(CN)c1. The summed E-state index contributed by atoms with van der Waals surface area (Å²) in [6.07, 6.45) is 0. The van der Waals surface area contributed by atoms with Crippen molar-refractivity contribution in [2.75, 3.05) is 0 Å². The lowest BCUT2D eigenvalue weighted by atomic mass is 10.1. The van der Waals surface area contributed by atoms with Gasteiger partial charge in [-0.2, -0.15) is 0 Å². The highest BCUT2D eigenvalue weighted by molar-refractivity contribution is 5.44. The number of hydrogen-bond donors (Lipinski definition) is 1. The summed E-state index contributed by atoms with van der Waals surface area (Å²) in [7, 11) is 0. The summed E-state index contributed by atoms with van der Waals surface area (Å²) in [4.78, 5) is 0. The predicted octanol–water partition coefficient (Wildman–Crippen LogP) is 3.86. The van der Waals surface area contributed by atoms with E-state index < -0.39 is 0 Å². The Hall–Kier alpha value is -1.80. The van der Waals surface area contributed by atoms with Crippen LogP contribution in [0.1, 0.15) is 22.3 Å². The van der Waals surface area contributed by atoms with Crippen LogP contribution in [0.3, 0.4) is 0 Å². The Labute approximate surface area is 108 Å². The third-order valence-corrected chi connectivity index (χ3v) is 3.21. The molecule has 2 heteroatoms. The molecule has 18 heavy (non-hydrogen) atoms. The van der Waals surface area contributed by atoms with Gasteiger partial charge in [-0.25, -0.2) is 0 Å². The van der Waals surface area contributed by atoms with Gasteiger partial charge < -0.3 is 10.5 Å². The van der Waals surface area contributed by atoms with Gasteiger partial charge in [-0.3, -0.25) is 0 Å². The van der Waals surface area contributed by atoms with Crippen LogP contribution < -0.4 is 10.5 Å². The Morgan fingerprint density at radius 1 is 1.00 bits per heavy atom. The van der Waals surface area contributed by atoms with Gasteiger partial charge in [0.1, 0.15) is 11.5 Å². The molecule has 0 unspecified atom stereocenters. The molecule has 0 atom stereocenters. The molecule has 0 aliphatic carbocycles. The summed E-state index contributed by atoms with van der Waals surface area (Å²) in [6.45, 7) is 6.70. The standard InChI is InChI=1S/C16H19NO/c1-11-7-8-16(14(9-11)10-17)18-15-6-4-5-12(2)13(15)3/h4-9H,10,17H2,1-3H3. The van der Waals surface area contributed by atoms with Crippen LogP contribution >= 0.6 is 0 Å². The Morgan fingerprint density at radius 3 is 2.50 bits per heavy atom. The monoisotopic (exact) mass is 241 g/mol. The Bertz CT molecular complexity index is 561. The molecule has 2 N–H and O–H groups in total. The molecule has 0 fully saturated rings. The van der Waals surface area contributed by atoms with E-state index in [-0.39, 0.29) is 0 Å². The molecule has 94 valence electrons. The van der Waals surface area contributed by atoms with Crippen LogP contribution in [-0.2, 0) is 6.54 Å². The highest BCUT2D eigenvalue weighted by Gasteiger charge is 2.07. The molecule has 0 aromatic heterocycles. The third kappa shape index (κ3) is 2.54. The summed E-state index contributed by atoms with van der Waals surface area (Å²) < 4.78 is 5.99. The predicted molar refractivity (Wildman–Crippen MR) is 75.1 cm³/mol. The van der Waals surface area contributed by atoms with Gasteiger partial charge >= 0.3 is 0 Å². The average Bonchev–Trinajstić information content (AvgIpc) is 2.37. The van der Waals surface area contributed by atoms with E-state index >= 15 is 0 Å². The first kappa shape index (κ1) is 12.7. The second kappa shape index (κ2) is 5.23. The van der Waals surface area contributed by atoms with Gasteiger partial charge in [0, 0.05) is 12.1 Å². The number of aryl methyl sites for hydroxylation is 2. The van der Waals surface area contributed by atoms with E-state index in [4.69, 9.17) is 10.5 Å². The Morgan fingerprint density at radius 2 is 1.78 bits per heavy atom. The average molecular weight is 241 g/mol. The summed E-state index contributed by atoms with van der Waals surface area (Å²) in [6, 6.07) is 12.2. The van der Waals surface area contributed by atoms with Crippen molar-refractivity contribution < 1.29 is 4.74 Å². The van der Waals surface area contributed by atoms with Crippen molar-refractivity contribution in [3.8, 4) is 11.5 Å². The van der Waals surface area contributed by atoms with E-state index in [2.05, 4.69) is 32.9 Å². The molecule has 0 saturated carbocycles. The first-order chi connectivity index (χ1) is 8.61. The molecule has 2 nitrogen and oxygen atoms in total. The molecule has 2 rings (SSSR count). The minimum absolute atomic E-state index is 0.488. The number of benzene rings is 2. The fourth-order valence-corrected chi connectivity index (χ4v) is 1.92. The van der Waals surface area contributed by atoms with Crippen LogP contribution in [0, 0.1) is 20.8 Å². The lowest BCUT2D eigenvalue weighted by Crippen LogP contribution is -2.00. The zero-order valence-electron chi connectivity index (χ0n) is 11.2. The minimum atomic E-state index is 0.488. The zero-order valence-corrected chi connectivity index (χ0v) is 11.2. The van der Waals surface area contributed by atoms with Crippen LogP contribution in [0.5, 0.6) is 11.5 Å². The molecule has 2 aromatic rings. The van der Waals surface area contributed by atoms with E-state index in [1.54, 1.807) is 0 Å². The summed E-state index contributed by atoms with van der Waals surface area (Å²) >= 11 is 0. The van der Waals surface area contributed by atoms with Gasteiger partial charge in [0.05, 0.1) is 0 Å². The molecule has 0 saturated heterocycles. The van der Waals surface area contributed by atoms with Crippen molar-refractivity contribution >= 4 is 0 Å². The van der Waals surface area contributed by atoms with Gasteiger partial charge in [-0.15, -0.1) is 0 Å². The zero-order chi connectivity index (χ0) is 13.1. The van der Waals surface area contributed by atoms with Crippen LogP contribution in [-0.4, -0.2) is 0 Å². The lowest BCUT2D eigenvalue weighted by Gasteiger charge is -2.13. The number of ether oxygens (including phenoxy) is 1. The molecule has 0 amide bonds. The summed E-state index contributed by atoms with van der Waals surface area (Å²) in [5.41, 5.74) is 10.4. The topological polar surface area (TPSA) is 35.2 Å². The number of rotatable bonds is 3. The highest BCUT2D eigenvalue weighted by Crippen LogP contribution is 2.29. The molecule has 2 aromatic carbocycles. The van der Waals surface area contributed by atoms with E-state index in [0.717, 1.165) is 17.1 Å². The van der Waals surface area contributed by atoms with E-state index in [0.29, 0.717) is 6.54 Å². The van der Waals surface area contributed by atoms with E-state index in [1.807, 2.05) is 24.3 Å². The van der Waals surface area contributed by atoms with Crippen molar-refractivity contribution in [1.29, 1.82) is 0 Å². The summed E-state index contributed by atoms with van der Waals surface area (Å²) in [5, 5.41) is 0. The normalized spacial score (nSPS) is 10.4. The second-order valence-electron chi connectivity index (χ2n) is 4.62. The van der Waals surface area contributed by atoms with Crippen LogP contribution in [0.15, 0.2) is 36.4 Å². The fraction of sp³-hybridized carbons (Fsp3) is 0.250. The van der Waals surface area contributed by atoms with Crippen molar-refractivity contribution in [2.45, 2.75) is 27.3 Å².